The fourth-order valence-corrected chi connectivity index (χ4v) is 3.26. The molecule has 0 saturated carbocycles. The summed E-state index contributed by atoms with van der Waals surface area (Å²) in [7, 11) is -4.43. The summed E-state index contributed by atoms with van der Waals surface area (Å²) in [6.07, 6.45) is 6.04. The van der Waals surface area contributed by atoms with Crippen molar-refractivity contribution < 1.29 is 18.8 Å². The second kappa shape index (κ2) is 11.5. The van der Waals surface area contributed by atoms with Gasteiger partial charge in [-0.2, -0.15) is 0 Å². The maximum absolute atomic E-state index is 8.91. The highest BCUT2D eigenvalue weighted by atomic mass is 35.5. The summed E-state index contributed by atoms with van der Waals surface area (Å²) in [5.41, 5.74) is -0.0156. The molecule has 0 spiro atoms. The van der Waals surface area contributed by atoms with Crippen LogP contribution in [-0.2, 0) is 4.43 Å². The standard InChI is InChI=1S/C12H25Cl3O4Si/c13-8-1-4-12(5-2-9-14,6-3-10-15)7-11-19-20(16,17)18/h16-18H,1-11H2. The Balaban J connectivity index is 4.57. The molecule has 122 valence electrons. The van der Waals surface area contributed by atoms with Crippen LogP contribution >= 0.6 is 34.8 Å². The Kier molecular flexibility index (Phi) is 12.0. The van der Waals surface area contributed by atoms with Gasteiger partial charge in [-0.05, 0) is 50.4 Å². The number of alkyl halides is 3. The SMILES string of the molecule is O[Si](O)(O)OCCC(CCCCl)(CCCCl)CCCCl. The Morgan fingerprint density at radius 1 is 0.750 bits per heavy atom. The van der Waals surface area contributed by atoms with Crippen molar-refractivity contribution in [3.05, 3.63) is 0 Å². The predicted molar refractivity (Wildman–Crippen MR) is 85.3 cm³/mol. The van der Waals surface area contributed by atoms with Crippen molar-refractivity contribution in [2.24, 2.45) is 5.41 Å². The van der Waals surface area contributed by atoms with Gasteiger partial charge < -0.3 is 18.8 Å². The van der Waals surface area contributed by atoms with Crippen LogP contribution in [0.5, 0.6) is 0 Å². The lowest BCUT2D eigenvalue weighted by molar-refractivity contribution is 0.0435. The molecule has 0 aliphatic carbocycles. The predicted octanol–water partition coefficient (Wildman–Crippen LogP) is 2.85. The fraction of sp³-hybridized carbons (Fsp3) is 1.00. The summed E-state index contributed by atoms with van der Waals surface area (Å²) < 4.78 is 4.73. The topological polar surface area (TPSA) is 69.9 Å². The summed E-state index contributed by atoms with van der Waals surface area (Å²) in [5.74, 6) is 1.76. The number of halogens is 3. The molecule has 0 aliphatic rings. The highest BCUT2D eigenvalue weighted by Crippen LogP contribution is 2.39. The van der Waals surface area contributed by atoms with Crippen molar-refractivity contribution in [2.45, 2.75) is 44.9 Å². The summed E-state index contributed by atoms with van der Waals surface area (Å²) in [6, 6.07) is 0. The lowest BCUT2D eigenvalue weighted by Gasteiger charge is -2.34. The van der Waals surface area contributed by atoms with Gasteiger partial charge in [-0.25, -0.2) is 0 Å². The zero-order valence-corrected chi connectivity index (χ0v) is 14.9. The first-order valence-corrected chi connectivity index (χ1v) is 10.2. The van der Waals surface area contributed by atoms with E-state index < -0.39 is 9.05 Å². The van der Waals surface area contributed by atoms with Gasteiger partial charge in [-0.15, -0.1) is 34.8 Å². The molecule has 0 bridgehead atoms. The van der Waals surface area contributed by atoms with E-state index in [1.807, 2.05) is 0 Å². The Labute approximate surface area is 137 Å². The second-order valence-electron chi connectivity index (χ2n) is 5.05. The van der Waals surface area contributed by atoms with Crippen LogP contribution in [0.3, 0.4) is 0 Å². The molecule has 0 unspecified atom stereocenters. The third-order valence-electron chi connectivity index (χ3n) is 3.45. The second-order valence-corrected chi connectivity index (χ2v) is 7.62. The van der Waals surface area contributed by atoms with Gasteiger partial charge in [0.15, 0.2) is 0 Å². The van der Waals surface area contributed by atoms with Gasteiger partial charge >= 0.3 is 9.05 Å². The third-order valence-corrected chi connectivity index (χ3v) is 4.84. The normalized spacial score (nSPS) is 12.9. The van der Waals surface area contributed by atoms with Crippen molar-refractivity contribution >= 4 is 43.9 Å². The molecule has 0 saturated heterocycles. The summed E-state index contributed by atoms with van der Waals surface area (Å²) in [4.78, 5) is 26.7. The molecule has 0 aromatic carbocycles. The highest BCUT2D eigenvalue weighted by molar-refractivity contribution is 6.48. The van der Waals surface area contributed by atoms with E-state index in [1.54, 1.807) is 0 Å². The summed E-state index contributed by atoms with van der Waals surface area (Å²) >= 11 is 17.4. The average Bonchev–Trinajstić information content (AvgIpc) is 2.38. The molecule has 0 heterocycles. The van der Waals surface area contributed by atoms with Gasteiger partial charge in [0.1, 0.15) is 0 Å². The van der Waals surface area contributed by atoms with Crippen molar-refractivity contribution in [2.75, 3.05) is 24.2 Å². The van der Waals surface area contributed by atoms with Crippen LogP contribution in [0.4, 0.5) is 0 Å². The quantitative estimate of drug-likeness (QED) is 0.346. The van der Waals surface area contributed by atoms with E-state index in [0.29, 0.717) is 24.1 Å². The van der Waals surface area contributed by atoms with Crippen LogP contribution in [0, 0.1) is 5.41 Å². The maximum atomic E-state index is 8.91. The molecule has 0 aromatic rings. The van der Waals surface area contributed by atoms with Gasteiger partial charge in [-0.1, -0.05) is 0 Å². The van der Waals surface area contributed by atoms with Crippen molar-refractivity contribution in [3.63, 3.8) is 0 Å². The zero-order chi connectivity index (χ0) is 15.5. The lowest BCUT2D eigenvalue weighted by Crippen LogP contribution is -2.40. The third kappa shape index (κ3) is 10.6. The summed E-state index contributed by atoms with van der Waals surface area (Å²) in [6.45, 7) is 0.114. The smallest absolute Gasteiger partial charge is 0.368 e. The molecule has 0 amide bonds. The van der Waals surface area contributed by atoms with Crippen LogP contribution in [0.1, 0.15) is 44.9 Å². The molecule has 0 aliphatic heterocycles. The zero-order valence-electron chi connectivity index (χ0n) is 11.7. The first-order chi connectivity index (χ1) is 9.39. The fourth-order valence-electron chi connectivity index (χ4n) is 2.48. The average molecular weight is 368 g/mol. The van der Waals surface area contributed by atoms with Gasteiger partial charge in [0, 0.05) is 24.2 Å². The minimum absolute atomic E-state index is 0.0156. The van der Waals surface area contributed by atoms with Gasteiger partial charge in [0.05, 0.1) is 0 Å². The molecular formula is C12H25Cl3O4Si. The van der Waals surface area contributed by atoms with E-state index in [0.717, 1.165) is 38.5 Å². The van der Waals surface area contributed by atoms with Crippen LogP contribution in [0.2, 0.25) is 0 Å². The molecule has 3 N–H and O–H groups in total. The Bertz CT molecular complexity index is 217. The molecule has 0 radical (unpaired) electrons. The Hall–Kier alpha value is 0.927. The van der Waals surface area contributed by atoms with E-state index in [2.05, 4.69) is 0 Å². The van der Waals surface area contributed by atoms with E-state index in [-0.39, 0.29) is 12.0 Å². The molecule has 0 atom stereocenters. The van der Waals surface area contributed by atoms with Crippen molar-refractivity contribution in [1.29, 1.82) is 0 Å². The number of hydrogen-bond donors (Lipinski definition) is 3. The van der Waals surface area contributed by atoms with Crippen molar-refractivity contribution in [3.8, 4) is 0 Å². The van der Waals surface area contributed by atoms with E-state index in [4.69, 9.17) is 53.6 Å². The van der Waals surface area contributed by atoms with Crippen molar-refractivity contribution in [1.82, 2.24) is 0 Å². The van der Waals surface area contributed by atoms with E-state index in [1.165, 1.54) is 0 Å². The molecule has 0 rings (SSSR count). The number of hydrogen-bond acceptors (Lipinski definition) is 4. The van der Waals surface area contributed by atoms with Crippen LogP contribution in [0.25, 0.3) is 0 Å². The molecule has 20 heavy (non-hydrogen) atoms. The van der Waals surface area contributed by atoms with Gasteiger partial charge in [-0.3, -0.25) is 0 Å². The van der Waals surface area contributed by atoms with Crippen LogP contribution < -0.4 is 0 Å². The molecule has 0 fully saturated rings. The Morgan fingerprint density at radius 3 is 1.45 bits per heavy atom. The monoisotopic (exact) mass is 366 g/mol. The molecule has 4 nitrogen and oxygen atoms in total. The van der Waals surface area contributed by atoms with E-state index in [9.17, 15) is 0 Å². The maximum Gasteiger partial charge on any atom is 0.671 e. The van der Waals surface area contributed by atoms with Gasteiger partial charge in [0.25, 0.3) is 0 Å². The largest absolute Gasteiger partial charge is 0.671 e. The number of rotatable bonds is 13. The summed E-state index contributed by atoms with van der Waals surface area (Å²) in [5, 5.41) is 0. The molecule has 0 aromatic heterocycles. The minimum Gasteiger partial charge on any atom is -0.368 e. The van der Waals surface area contributed by atoms with E-state index >= 15 is 0 Å². The van der Waals surface area contributed by atoms with Gasteiger partial charge in [0.2, 0.25) is 0 Å². The lowest BCUT2D eigenvalue weighted by atomic mass is 9.73. The highest BCUT2D eigenvalue weighted by Gasteiger charge is 2.33. The first kappa shape index (κ1) is 20.9. The Morgan fingerprint density at radius 2 is 1.15 bits per heavy atom. The minimum atomic E-state index is -4.43. The van der Waals surface area contributed by atoms with Crippen LogP contribution in [-0.4, -0.2) is 47.7 Å². The molecule has 8 heteroatoms. The molecular weight excluding hydrogens is 343 g/mol. The first-order valence-electron chi connectivity index (χ1n) is 6.88. The van der Waals surface area contributed by atoms with Crippen LogP contribution in [0.15, 0.2) is 0 Å².